The van der Waals surface area contributed by atoms with Crippen molar-refractivity contribution in [1.82, 2.24) is 0 Å². The fraction of sp³-hybridized carbons (Fsp3) is 0.474. The van der Waals surface area contributed by atoms with Gasteiger partial charge in [-0.15, -0.1) is 0 Å². The number of unbranched alkanes of at least 4 members (excludes halogenated alkanes) is 4. The summed E-state index contributed by atoms with van der Waals surface area (Å²) in [6, 6.07) is 7.11. The number of nitrogens with two attached hydrogens (primary N) is 3. The molecule has 1 rings (SSSR count). The van der Waals surface area contributed by atoms with Gasteiger partial charge in [0.25, 0.3) is 5.91 Å². The number of nitrogens with zero attached hydrogens (tertiary/aromatic N) is 2. The molecule has 0 unspecified atom stereocenters. The van der Waals surface area contributed by atoms with Crippen LogP contribution in [0.2, 0.25) is 0 Å². The second-order valence-electron chi connectivity index (χ2n) is 6.43. The first-order valence-corrected chi connectivity index (χ1v) is 9.27. The molecule has 0 saturated heterocycles. The Morgan fingerprint density at radius 1 is 1.00 bits per heavy atom. The third-order valence-corrected chi connectivity index (χ3v) is 4.04. The molecule has 0 radical (unpaired) electrons. The molecule has 154 valence electrons. The van der Waals surface area contributed by atoms with E-state index in [1.807, 2.05) is 0 Å². The van der Waals surface area contributed by atoms with Crippen molar-refractivity contribution in [1.29, 1.82) is 0 Å². The average Bonchev–Trinajstić information content (AvgIpc) is 2.64. The number of benzene rings is 1. The zero-order chi connectivity index (χ0) is 20.9. The lowest BCUT2D eigenvalue weighted by Crippen LogP contribution is -2.48. The number of hydrogen-bond donors (Lipinski definition) is 4. The van der Waals surface area contributed by atoms with Crippen LogP contribution in [0.4, 0.5) is 5.69 Å². The average molecular weight is 391 g/mol. The van der Waals surface area contributed by atoms with Crippen molar-refractivity contribution < 1.29 is 19.5 Å². The van der Waals surface area contributed by atoms with Gasteiger partial charge in [0.15, 0.2) is 5.96 Å². The molecule has 1 aromatic carbocycles. The standard InChI is InChI=1S/C19H29N5O4/c20-15(13-17(26)27)18(28)24(14-9-5-4-6-10-14)16(25)11-7-2-1-3-8-12-23-19(21)22/h4-6,9-10,15H,1-3,7-8,11-13,20H2,(H,26,27)(H4,21,22,23)/t15-/m0/s1. The van der Waals surface area contributed by atoms with Gasteiger partial charge in [-0.05, 0) is 25.0 Å². The number of carbonyl (C=O) groups excluding carboxylic acids is 2. The van der Waals surface area contributed by atoms with Crippen LogP contribution in [-0.2, 0) is 14.4 Å². The number of carboxylic acids is 1. The Morgan fingerprint density at radius 2 is 1.61 bits per heavy atom. The van der Waals surface area contributed by atoms with Crippen molar-refractivity contribution in [2.24, 2.45) is 22.2 Å². The molecule has 1 aromatic rings. The smallest absolute Gasteiger partial charge is 0.305 e. The van der Waals surface area contributed by atoms with E-state index in [0.717, 1.165) is 30.6 Å². The topological polar surface area (TPSA) is 165 Å². The van der Waals surface area contributed by atoms with Crippen molar-refractivity contribution in [3.8, 4) is 0 Å². The summed E-state index contributed by atoms with van der Waals surface area (Å²) in [5.74, 6) is -2.22. The van der Waals surface area contributed by atoms with E-state index < -0.39 is 30.2 Å². The zero-order valence-corrected chi connectivity index (χ0v) is 15.9. The SMILES string of the molecule is NC(N)=NCCCCCCCC(=O)N(C(=O)[C@@H](N)CC(=O)O)c1ccccc1. The lowest BCUT2D eigenvalue weighted by molar-refractivity contribution is -0.139. The minimum atomic E-state index is -1.28. The predicted octanol–water partition coefficient (Wildman–Crippen LogP) is 0.962. The number of aliphatic imine (C=N–C) groups is 1. The van der Waals surface area contributed by atoms with Crippen molar-refractivity contribution >= 4 is 29.4 Å². The van der Waals surface area contributed by atoms with Gasteiger partial charge in [0, 0.05) is 13.0 Å². The monoisotopic (exact) mass is 391 g/mol. The highest BCUT2D eigenvalue weighted by Gasteiger charge is 2.28. The van der Waals surface area contributed by atoms with Crippen molar-refractivity contribution in [3.05, 3.63) is 30.3 Å². The molecule has 2 amide bonds. The molecule has 1 atom stereocenters. The van der Waals surface area contributed by atoms with Gasteiger partial charge < -0.3 is 22.3 Å². The molecule has 28 heavy (non-hydrogen) atoms. The highest BCUT2D eigenvalue weighted by molar-refractivity contribution is 6.16. The Hall–Kier alpha value is -2.94. The van der Waals surface area contributed by atoms with Crippen LogP contribution in [0.25, 0.3) is 0 Å². The lowest BCUT2D eigenvalue weighted by atomic mass is 10.1. The van der Waals surface area contributed by atoms with Crippen molar-refractivity contribution in [2.75, 3.05) is 11.4 Å². The maximum atomic E-state index is 12.6. The molecule has 9 heteroatoms. The first kappa shape index (κ1) is 23.1. The number of carboxylic acid groups (broad SMARTS) is 1. The Balaban J connectivity index is 2.58. The van der Waals surface area contributed by atoms with Crippen LogP contribution < -0.4 is 22.1 Å². The third kappa shape index (κ3) is 8.63. The zero-order valence-electron chi connectivity index (χ0n) is 15.9. The van der Waals surface area contributed by atoms with Gasteiger partial charge in [-0.2, -0.15) is 0 Å². The Kier molecular flexibility index (Phi) is 10.3. The summed E-state index contributed by atoms with van der Waals surface area (Å²) in [4.78, 5) is 40.9. The number of anilines is 1. The Bertz CT molecular complexity index is 674. The highest BCUT2D eigenvalue weighted by Crippen LogP contribution is 2.18. The van der Waals surface area contributed by atoms with E-state index in [4.69, 9.17) is 22.3 Å². The van der Waals surface area contributed by atoms with Crippen LogP contribution in [-0.4, -0.2) is 41.4 Å². The van der Waals surface area contributed by atoms with Crippen LogP contribution in [0.3, 0.4) is 0 Å². The van der Waals surface area contributed by atoms with Crippen LogP contribution in [0.5, 0.6) is 0 Å². The summed E-state index contributed by atoms with van der Waals surface area (Å²) in [5, 5.41) is 8.86. The van der Waals surface area contributed by atoms with E-state index >= 15 is 0 Å². The molecule has 9 nitrogen and oxygen atoms in total. The van der Waals surface area contributed by atoms with Crippen LogP contribution in [0.15, 0.2) is 35.3 Å². The first-order chi connectivity index (χ1) is 13.3. The Morgan fingerprint density at radius 3 is 2.21 bits per heavy atom. The molecule has 0 aliphatic rings. The summed E-state index contributed by atoms with van der Waals surface area (Å²) >= 11 is 0. The summed E-state index contributed by atoms with van der Waals surface area (Å²) in [6.45, 7) is 0.582. The number of para-hydroxylation sites is 1. The van der Waals surface area contributed by atoms with Gasteiger partial charge in [-0.1, -0.05) is 37.5 Å². The van der Waals surface area contributed by atoms with E-state index in [1.165, 1.54) is 0 Å². The largest absolute Gasteiger partial charge is 0.481 e. The second-order valence-corrected chi connectivity index (χ2v) is 6.43. The maximum Gasteiger partial charge on any atom is 0.305 e. The highest BCUT2D eigenvalue weighted by atomic mass is 16.4. The molecule has 0 fully saturated rings. The first-order valence-electron chi connectivity index (χ1n) is 9.27. The number of amides is 2. The fourth-order valence-electron chi connectivity index (χ4n) is 2.65. The molecule has 0 bridgehead atoms. The molecular weight excluding hydrogens is 362 g/mol. The van der Waals surface area contributed by atoms with E-state index in [0.29, 0.717) is 18.7 Å². The Labute approximate surface area is 164 Å². The lowest BCUT2D eigenvalue weighted by Gasteiger charge is -2.23. The number of aliphatic carboxylic acids is 1. The minimum absolute atomic E-state index is 0.0809. The summed E-state index contributed by atoms with van der Waals surface area (Å²) in [5.41, 5.74) is 16.6. The molecular formula is C19H29N5O4. The molecule has 0 spiro atoms. The number of hydrogen-bond acceptors (Lipinski definition) is 5. The number of imide groups is 1. The van der Waals surface area contributed by atoms with E-state index in [-0.39, 0.29) is 12.4 Å². The third-order valence-electron chi connectivity index (χ3n) is 4.04. The van der Waals surface area contributed by atoms with Gasteiger partial charge in [-0.25, -0.2) is 4.90 Å². The second kappa shape index (κ2) is 12.4. The predicted molar refractivity (Wildman–Crippen MR) is 108 cm³/mol. The molecule has 0 aliphatic carbocycles. The molecule has 0 heterocycles. The van der Waals surface area contributed by atoms with Crippen LogP contribution >= 0.6 is 0 Å². The number of carbonyl (C=O) groups is 3. The van der Waals surface area contributed by atoms with Gasteiger partial charge in [-0.3, -0.25) is 19.4 Å². The van der Waals surface area contributed by atoms with Crippen LogP contribution in [0, 0.1) is 0 Å². The fourth-order valence-corrected chi connectivity index (χ4v) is 2.65. The number of guanidine groups is 1. The summed E-state index contributed by atoms with van der Waals surface area (Å²) < 4.78 is 0. The summed E-state index contributed by atoms with van der Waals surface area (Å²) in [7, 11) is 0. The molecule has 7 N–H and O–H groups in total. The van der Waals surface area contributed by atoms with Crippen LogP contribution in [0.1, 0.15) is 44.9 Å². The quantitative estimate of drug-likeness (QED) is 0.234. The van der Waals surface area contributed by atoms with E-state index in [2.05, 4.69) is 4.99 Å². The molecule has 0 aliphatic heterocycles. The van der Waals surface area contributed by atoms with E-state index in [1.54, 1.807) is 30.3 Å². The minimum Gasteiger partial charge on any atom is -0.481 e. The van der Waals surface area contributed by atoms with E-state index in [9.17, 15) is 14.4 Å². The van der Waals surface area contributed by atoms with Gasteiger partial charge in [0.2, 0.25) is 5.91 Å². The van der Waals surface area contributed by atoms with Gasteiger partial charge in [0.1, 0.15) is 0 Å². The maximum absolute atomic E-state index is 12.6. The van der Waals surface area contributed by atoms with Gasteiger partial charge >= 0.3 is 5.97 Å². The normalized spacial score (nSPS) is 11.5. The van der Waals surface area contributed by atoms with Crippen molar-refractivity contribution in [2.45, 2.75) is 51.0 Å². The number of rotatable bonds is 12. The molecule has 0 saturated carbocycles. The molecule has 0 aromatic heterocycles. The van der Waals surface area contributed by atoms with Crippen molar-refractivity contribution in [3.63, 3.8) is 0 Å². The summed E-state index contributed by atoms with van der Waals surface area (Å²) in [6.07, 6.45) is 3.81. The van der Waals surface area contributed by atoms with Gasteiger partial charge in [0.05, 0.1) is 18.2 Å².